The van der Waals surface area contributed by atoms with E-state index in [1.54, 1.807) is 4.68 Å². The number of piperazine rings is 1. The van der Waals surface area contributed by atoms with E-state index in [9.17, 15) is 9.90 Å². The van der Waals surface area contributed by atoms with Gasteiger partial charge in [0, 0.05) is 36.6 Å². The third kappa shape index (κ3) is 3.49. The Labute approximate surface area is 174 Å². The van der Waals surface area contributed by atoms with Gasteiger partial charge in [-0.15, -0.1) is 15.3 Å². The summed E-state index contributed by atoms with van der Waals surface area (Å²) in [5.41, 5.74) is 2.55. The van der Waals surface area contributed by atoms with Crippen molar-refractivity contribution in [2.75, 3.05) is 31.1 Å². The van der Waals surface area contributed by atoms with Crippen LogP contribution in [0.2, 0.25) is 0 Å². The lowest BCUT2D eigenvalue weighted by Crippen LogP contribution is -2.50. The van der Waals surface area contributed by atoms with Crippen LogP contribution in [0.3, 0.4) is 0 Å². The van der Waals surface area contributed by atoms with E-state index in [0.717, 1.165) is 34.3 Å². The molecule has 1 amide bonds. The fourth-order valence-electron chi connectivity index (χ4n) is 3.28. The van der Waals surface area contributed by atoms with Crippen molar-refractivity contribution in [2.45, 2.75) is 20.5 Å². The molecule has 1 aromatic carbocycles. The van der Waals surface area contributed by atoms with E-state index in [4.69, 9.17) is 0 Å². The number of aliphatic hydroxyl groups is 1. The van der Waals surface area contributed by atoms with Crippen LogP contribution >= 0.6 is 27.3 Å². The normalized spacial score (nSPS) is 15.0. The average Bonchev–Trinajstić information content (AvgIpc) is 3.33. The number of carbonyl (C=O) groups is 1. The molecular weight excluding hydrogens is 446 g/mol. The minimum Gasteiger partial charge on any atom is -0.389 e. The van der Waals surface area contributed by atoms with Gasteiger partial charge in [-0.05, 0) is 12.1 Å². The Morgan fingerprint density at radius 1 is 1.21 bits per heavy atom. The Balaban J connectivity index is 1.65. The van der Waals surface area contributed by atoms with Crippen molar-refractivity contribution in [1.29, 1.82) is 0 Å². The van der Waals surface area contributed by atoms with Gasteiger partial charge in [-0.25, -0.2) is 0 Å². The fourth-order valence-corrected chi connectivity index (χ4v) is 4.38. The SMILES string of the molecule is CC(C)C(=O)N1CCN(c2cc(Br)cc3c2nnn3-c2nnc(CO)s2)CC1. The molecule has 0 radical (unpaired) electrons. The number of aromatic nitrogens is 5. The first-order chi connectivity index (χ1) is 13.5. The lowest BCUT2D eigenvalue weighted by molar-refractivity contribution is -0.134. The number of nitrogens with zero attached hydrogens (tertiary/aromatic N) is 7. The third-order valence-electron chi connectivity index (χ3n) is 4.70. The van der Waals surface area contributed by atoms with Crippen LogP contribution in [0.15, 0.2) is 16.6 Å². The maximum atomic E-state index is 12.2. The summed E-state index contributed by atoms with van der Waals surface area (Å²) in [7, 11) is 0. The molecule has 9 nitrogen and oxygen atoms in total. The van der Waals surface area contributed by atoms with Crippen molar-refractivity contribution < 1.29 is 9.90 Å². The van der Waals surface area contributed by atoms with Crippen LogP contribution in [0.4, 0.5) is 5.69 Å². The van der Waals surface area contributed by atoms with Gasteiger partial charge in [0.1, 0.15) is 16.0 Å². The standard InChI is InChI=1S/C17H20BrN7O2S/c1-10(2)16(27)24-5-3-23(4-6-24)12-7-11(18)8-13-15(12)20-22-25(13)17-21-19-14(9-26)28-17/h7-8,10,26H,3-6,9H2,1-2H3. The number of amides is 1. The van der Waals surface area contributed by atoms with Crippen molar-refractivity contribution in [3.05, 3.63) is 21.6 Å². The molecule has 1 fully saturated rings. The fraction of sp³-hybridized carbons (Fsp3) is 0.471. The molecule has 1 aliphatic heterocycles. The van der Waals surface area contributed by atoms with Gasteiger partial charge < -0.3 is 14.9 Å². The molecule has 0 aliphatic carbocycles. The number of halogens is 1. The van der Waals surface area contributed by atoms with Gasteiger partial charge in [-0.2, -0.15) is 4.68 Å². The van der Waals surface area contributed by atoms with Gasteiger partial charge in [0.05, 0.1) is 12.3 Å². The van der Waals surface area contributed by atoms with Gasteiger partial charge in [0.2, 0.25) is 11.0 Å². The van der Waals surface area contributed by atoms with E-state index in [0.29, 0.717) is 23.2 Å². The topological polar surface area (TPSA) is 100 Å². The van der Waals surface area contributed by atoms with E-state index in [2.05, 4.69) is 41.3 Å². The van der Waals surface area contributed by atoms with Crippen LogP contribution < -0.4 is 4.90 Å². The Hall–Kier alpha value is -2.11. The number of benzene rings is 1. The molecule has 0 bridgehead atoms. The highest BCUT2D eigenvalue weighted by atomic mass is 79.9. The number of hydrogen-bond donors (Lipinski definition) is 1. The summed E-state index contributed by atoms with van der Waals surface area (Å²) in [6, 6.07) is 3.97. The Bertz CT molecular complexity index is 1010. The quantitative estimate of drug-likeness (QED) is 0.626. The maximum Gasteiger partial charge on any atom is 0.234 e. The van der Waals surface area contributed by atoms with E-state index in [1.807, 2.05) is 30.9 Å². The molecule has 3 aromatic rings. The second-order valence-corrected chi connectivity index (χ2v) is 8.85. The van der Waals surface area contributed by atoms with Crippen LogP contribution in [0.5, 0.6) is 0 Å². The highest BCUT2D eigenvalue weighted by molar-refractivity contribution is 9.10. The van der Waals surface area contributed by atoms with Crippen molar-refractivity contribution >= 4 is 49.9 Å². The molecule has 148 valence electrons. The van der Waals surface area contributed by atoms with Crippen molar-refractivity contribution in [3.63, 3.8) is 0 Å². The largest absolute Gasteiger partial charge is 0.389 e. The van der Waals surface area contributed by atoms with Gasteiger partial charge in [-0.1, -0.05) is 46.3 Å². The highest BCUT2D eigenvalue weighted by Crippen LogP contribution is 2.32. The van der Waals surface area contributed by atoms with Crippen LogP contribution in [0, 0.1) is 5.92 Å². The molecule has 3 heterocycles. The van der Waals surface area contributed by atoms with Crippen LogP contribution in [-0.4, -0.2) is 67.3 Å². The van der Waals surface area contributed by atoms with E-state index >= 15 is 0 Å². The highest BCUT2D eigenvalue weighted by Gasteiger charge is 2.25. The summed E-state index contributed by atoms with van der Waals surface area (Å²) < 4.78 is 2.55. The third-order valence-corrected chi connectivity index (χ3v) is 6.04. The molecule has 1 N–H and O–H groups in total. The molecule has 11 heteroatoms. The molecule has 28 heavy (non-hydrogen) atoms. The zero-order valence-electron chi connectivity index (χ0n) is 15.5. The molecule has 2 aromatic heterocycles. The minimum atomic E-state index is -0.154. The predicted octanol–water partition coefficient (Wildman–Crippen LogP) is 1.83. The summed E-state index contributed by atoms with van der Waals surface area (Å²) in [6.45, 7) is 6.57. The Morgan fingerprint density at radius 2 is 1.96 bits per heavy atom. The summed E-state index contributed by atoms with van der Waals surface area (Å²) in [5, 5.41) is 27.0. The maximum absolute atomic E-state index is 12.2. The number of aliphatic hydroxyl groups excluding tert-OH is 1. The second-order valence-electron chi connectivity index (χ2n) is 6.90. The van der Waals surface area contributed by atoms with Crippen LogP contribution in [0.25, 0.3) is 16.2 Å². The first kappa shape index (κ1) is 19.2. The number of carbonyl (C=O) groups excluding carboxylic acids is 1. The zero-order valence-corrected chi connectivity index (χ0v) is 17.9. The van der Waals surface area contributed by atoms with Gasteiger partial charge in [-0.3, -0.25) is 4.79 Å². The van der Waals surface area contributed by atoms with Gasteiger partial charge in [0.15, 0.2) is 0 Å². The first-order valence-electron chi connectivity index (χ1n) is 9.00. The summed E-state index contributed by atoms with van der Waals surface area (Å²) in [5.74, 6) is 0.209. The summed E-state index contributed by atoms with van der Waals surface area (Å²) in [6.07, 6.45) is 0. The monoisotopic (exact) mass is 465 g/mol. The smallest absolute Gasteiger partial charge is 0.234 e. The number of hydrogen-bond acceptors (Lipinski definition) is 8. The number of anilines is 1. The van der Waals surface area contributed by atoms with Gasteiger partial charge in [0.25, 0.3) is 0 Å². The molecule has 0 atom stereocenters. The van der Waals surface area contributed by atoms with Crippen molar-refractivity contribution in [1.82, 2.24) is 30.1 Å². The van der Waals surface area contributed by atoms with Gasteiger partial charge >= 0.3 is 0 Å². The van der Waals surface area contributed by atoms with E-state index in [1.165, 1.54) is 11.3 Å². The van der Waals surface area contributed by atoms with Crippen molar-refractivity contribution in [2.24, 2.45) is 5.92 Å². The molecule has 0 spiro atoms. The van der Waals surface area contributed by atoms with E-state index in [-0.39, 0.29) is 18.4 Å². The molecule has 4 rings (SSSR count). The zero-order chi connectivity index (χ0) is 19.8. The van der Waals surface area contributed by atoms with Crippen LogP contribution in [0.1, 0.15) is 18.9 Å². The number of fused-ring (bicyclic) bond motifs is 1. The van der Waals surface area contributed by atoms with Crippen molar-refractivity contribution in [3.8, 4) is 5.13 Å². The number of rotatable bonds is 4. The molecule has 1 aliphatic rings. The molecule has 1 saturated heterocycles. The Morgan fingerprint density at radius 3 is 2.61 bits per heavy atom. The average molecular weight is 466 g/mol. The molecular formula is C17H20BrN7O2S. The molecule has 0 saturated carbocycles. The second kappa shape index (κ2) is 7.72. The lowest BCUT2D eigenvalue weighted by Gasteiger charge is -2.37. The Kier molecular flexibility index (Phi) is 5.30. The van der Waals surface area contributed by atoms with E-state index < -0.39 is 0 Å². The predicted molar refractivity (Wildman–Crippen MR) is 110 cm³/mol. The van der Waals surface area contributed by atoms with Crippen LogP contribution in [-0.2, 0) is 11.4 Å². The summed E-state index contributed by atoms with van der Waals surface area (Å²) in [4.78, 5) is 16.4. The minimum absolute atomic E-state index is 0.0137. The lowest BCUT2D eigenvalue weighted by atomic mass is 10.1. The molecule has 0 unspecified atom stereocenters. The summed E-state index contributed by atoms with van der Waals surface area (Å²) >= 11 is 4.86. The first-order valence-corrected chi connectivity index (χ1v) is 10.6.